The van der Waals surface area contributed by atoms with E-state index in [4.69, 9.17) is 14.2 Å². The number of hydrogen-bond acceptors (Lipinski definition) is 5. The minimum Gasteiger partial charge on any atom is -0.445 e. The predicted octanol–water partition coefficient (Wildman–Crippen LogP) is 0.965. The van der Waals surface area contributed by atoms with Gasteiger partial charge in [0.25, 0.3) is 0 Å². The van der Waals surface area contributed by atoms with E-state index in [1.54, 1.807) is 0 Å². The average molecular weight is 243 g/mol. The number of esters is 1. The zero-order valence-corrected chi connectivity index (χ0v) is 9.97. The topological polar surface area (TPSA) is 73.9 Å². The molecule has 1 rings (SSSR count). The first-order chi connectivity index (χ1) is 8.02. The van der Waals surface area contributed by atoms with Crippen LogP contribution in [-0.4, -0.2) is 37.1 Å². The lowest BCUT2D eigenvalue weighted by Crippen LogP contribution is -2.42. The van der Waals surface area contributed by atoms with Crippen LogP contribution in [0.1, 0.15) is 20.3 Å². The quantitative estimate of drug-likeness (QED) is 0.575. The van der Waals surface area contributed by atoms with Crippen molar-refractivity contribution in [3.63, 3.8) is 0 Å². The molecule has 0 aliphatic carbocycles. The van der Waals surface area contributed by atoms with E-state index < -0.39 is 24.4 Å². The van der Waals surface area contributed by atoms with Gasteiger partial charge in [-0.2, -0.15) is 0 Å². The Morgan fingerprint density at radius 2 is 2.41 bits per heavy atom. The Morgan fingerprint density at radius 1 is 1.71 bits per heavy atom. The van der Waals surface area contributed by atoms with Crippen LogP contribution in [0.2, 0.25) is 0 Å². The molecule has 0 aromatic heterocycles. The summed E-state index contributed by atoms with van der Waals surface area (Å²) in [6.45, 7) is 7.17. The summed E-state index contributed by atoms with van der Waals surface area (Å²) in [6.07, 6.45) is 0.0715. The van der Waals surface area contributed by atoms with Gasteiger partial charge in [-0.15, -0.1) is 0 Å². The van der Waals surface area contributed by atoms with E-state index in [0.717, 1.165) is 0 Å². The third-order valence-electron chi connectivity index (χ3n) is 2.00. The summed E-state index contributed by atoms with van der Waals surface area (Å²) in [5, 5.41) is 2.52. The van der Waals surface area contributed by atoms with Gasteiger partial charge in [0, 0.05) is 0 Å². The van der Waals surface area contributed by atoms with Crippen molar-refractivity contribution >= 4 is 12.1 Å². The number of carbonyl (C=O) groups is 2. The molecule has 6 nitrogen and oxygen atoms in total. The maximum absolute atomic E-state index is 11.3. The van der Waals surface area contributed by atoms with E-state index in [1.165, 1.54) is 6.08 Å². The Kier molecular flexibility index (Phi) is 4.96. The molecule has 1 heterocycles. The second-order valence-corrected chi connectivity index (χ2v) is 3.89. The molecule has 0 saturated carbocycles. The van der Waals surface area contributed by atoms with Gasteiger partial charge in [0.2, 0.25) is 6.29 Å². The van der Waals surface area contributed by atoms with Gasteiger partial charge >= 0.3 is 12.1 Å². The van der Waals surface area contributed by atoms with Gasteiger partial charge in [0.05, 0.1) is 12.5 Å². The predicted molar refractivity (Wildman–Crippen MR) is 59.2 cm³/mol. The van der Waals surface area contributed by atoms with Gasteiger partial charge in [0.1, 0.15) is 12.6 Å². The normalized spacial score (nSPS) is 23.4. The van der Waals surface area contributed by atoms with Crippen molar-refractivity contribution in [1.82, 2.24) is 5.32 Å². The molecule has 2 atom stereocenters. The van der Waals surface area contributed by atoms with Crippen LogP contribution in [0, 0.1) is 0 Å². The second-order valence-electron chi connectivity index (χ2n) is 3.89. The summed E-state index contributed by atoms with van der Waals surface area (Å²) in [5.41, 5.74) is 0. The number of carbonyl (C=O) groups excluding carboxylic acids is 2. The van der Waals surface area contributed by atoms with Crippen molar-refractivity contribution in [2.45, 2.75) is 38.7 Å². The monoisotopic (exact) mass is 243 g/mol. The van der Waals surface area contributed by atoms with Crippen LogP contribution in [0.4, 0.5) is 4.79 Å². The van der Waals surface area contributed by atoms with E-state index in [2.05, 4.69) is 11.9 Å². The molecule has 1 amide bonds. The maximum atomic E-state index is 11.3. The van der Waals surface area contributed by atoms with Crippen LogP contribution in [-0.2, 0) is 19.0 Å². The molecule has 1 aliphatic rings. The summed E-state index contributed by atoms with van der Waals surface area (Å²) >= 11 is 0. The van der Waals surface area contributed by atoms with E-state index in [1.807, 2.05) is 13.8 Å². The van der Waals surface area contributed by atoms with Crippen molar-refractivity contribution in [3.05, 3.63) is 12.7 Å². The van der Waals surface area contributed by atoms with Crippen molar-refractivity contribution in [3.8, 4) is 0 Å². The van der Waals surface area contributed by atoms with E-state index >= 15 is 0 Å². The highest BCUT2D eigenvalue weighted by Gasteiger charge is 2.37. The Labute approximate surface area is 99.9 Å². The number of nitrogens with one attached hydrogen (secondary N) is 1. The lowest BCUT2D eigenvalue weighted by molar-refractivity contribution is -0.171. The molecule has 0 bridgehead atoms. The molecule has 0 aromatic rings. The van der Waals surface area contributed by atoms with Crippen LogP contribution in [0.15, 0.2) is 12.7 Å². The van der Waals surface area contributed by atoms with E-state index in [-0.39, 0.29) is 19.1 Å². The van der Waals surface area contributed by atoms with Gasteiger partial charge < -0.3 is 19.5 Å². The van der Waals surface area contributed by atoms with Crippen LogP contribution < -0.4 is 5.32 Å². The highest BCUT2D eigenvalue weighted by atomic mass is 16.7. The SMILES string of the molecule is C=CCOC(=O)N[C@@H]1CC(=O)O[C@@H]1OC(C)C. The Bertz CT molecular complexity index is 302. The molecule has 0 radical (unpaired) electrons. The molecule has 1 N–H and O–H groups in total. The van der Waals surface area contributed by atoms with Crippen molar-refractivity contribution < 1.29 is 23.8 Å². The van der Waals surface area contributed by atoms with E-state index in [9.17, 15) is 9.59 Å². The molecular weight excluding hydrogens is 226 g/mol. The molecule has 0 unspecified atom stereocenters. The van der Waals surface area contributed by atoms with Crippen molar-refractivity contribution in [2.75, 3.05) is 6.61 Å². The summed E-state index contributed by atoms with van der Waals surface area (Å²) in [6, 6.07) is -0.512. The number of cyclic esters (lactones) is 1. The average Bonchev–Trinajstić information content (AvgIpc) is 2.55. The van der Waals surface area contributed by atoms with E-state index in [0.29, 0.717) is 0 Å². The van der Waals surface area contributed by atoms with Gasteiger partial charge in [-0.05, 0) is 13.8 Å². The zero-order valence-electron chi connectivity index (χ0n) is 9.97. The Hall–Kier alpha value is -1.56. The zero-order chi connectivity index (χ0) is 12.8. The second kappa shape index (κ2) is 6.24. The lowest BCUT2D eigenvalue weighted by atomic mass is 10.2. The van der Waals surface area contributed by atoms with Gasteiger partial charge in [-0.3, -0.25) is 4.79 Å². The summed E-state index contributed by atoms with van der Waals surface area (Å²) in [7, 11) is 0. The Balaban J connectivity index is 2.46. The first-order valence-corrected chi connectivity index (χ1v) is 5.42. The lowest BCUT2D eigenvalue weighted by Gasteiger charge is -2.20. The molecule has 0 spiro atoms. The number of ether oxygens (including phenoxy) is 3. The minimum atomic E-state index is -0.751. The molecule has 1 aliphatic heterocycles. The number of hydrogen-bond donors (Lipinski definition) is 1. The first kappa shape index (κ1) is 13.5. The van der Waals surface area contributed by atoms with Gasteiger partial charge in [-0.1, -0.05) is 12.7 Å². The molecule has 6 heteroatoms. The molecule has 96 valence electrons. The molecule has 17 heavy (non-hydrogen) atoms. The molecular formula is C11H17NO5. The number of alkyl carbamates (subject to hydrolysis) is 1. The largest absolute Gasteiger partial charge is 0.445 e. The van der Waals surface area contributed by atoms with Crippen LogP contribution in [0.25, 0.3) is 0 Å². The summed E-state index contributed by atoms with van der Waals surface area (Å²) in [4.78, 5) is 22.4. The molecule has 0 aromatic carbocycles. The van der Waals surface area contributed by atoms with Crippen LogP contribution in [0.3, 0.4) is 0 Å². The standard InChI is InChI=1S/C11H17NO5/c1-4-5-15-11(14)12-8-6-9(13)17-10(8)16-7(2)3/h4,7-8,10H,1,5-6H2,2-3H3,(H,12,14)/t8-,10+/m1/s1. The first-order valence-electron chi connectivity index (χ1n) is 5.42. The molecule has 1 fully saturated rings. The van der Waals surface area contributed by atoms with Crippen LogP contribution in [0.5, 0.6) is 0 Å². The number of rotatable bonds is 5. The number of amides is 1. The third kappa shape index (κ3) is 4.44. The fraction of sp³-hybridized carbons (Fsp3) is 0.636. The van der Waals surface area contributed by atoms with Crippen LogP contribution >= 0.6 is 0 Å². The summed E-state index contributed by atoms with van der Waals surface area (Å²) in [5.74, 6) is -0.398. The Morgan fingerprint density at radius 3 is 3.00 bits per heavy atom. The van der Waals surface area contributed by atoms with Crippen molar-refractivity contribution in [2.24, 2.45) is 0 Å². The van der Waals surface area contributed by atoms with Gasteiger partial charge in [-0.25, -0.2) is 4.79 Å². The van der Waals surface area contributed by atoms with Gasteiger partial charge in [0.15, 0.2) is 0 Å². The smallest absolute Gasteiger partial charge is 0.407 e. The minimum absolute atomic E-state index is 0.0839. The highest BCUT2D eigenvalue weighted by molar-refractivity contribution is 5.75. The fourth-order valence-electron chi connectivity index (χ4n) is 1.37. The third-order valence-corrected chi connectivity index (χ3v) is 2.00. The maximum Gasteiger partial charge on any atom is 0.407 e. The highest BCUT2D eigenvalue weighted by Crippen LogP contribution is 2.17. The molecule has 1 saturated heterocycles. The summed E-state index contributed by atoms with van der Waals surface area (Å²) < 4.78 is 15.1. The fourth-order valence-corrected chi connectivity index (χ4v) is 1.37. The van der Waals surface area contributed by atoms with Crippen molar-refractivity contribution in [1.29, 1.82) is 0 Å².